The van der Waals surface area contributed by atoms with Gasteiger partial charge >= 0.3 is 6.03 Å². The molecule has 0 bridgehead atoms. The average molecular weight is 575 g/mol. The number of nitriles is 1. The first-order valence-electron chi connectivity index (χ1n) is 13.1. The first kappa shape index (κ1) is 29.1. The van der Waals surface area contributed by atoms with Gasteiger partial charge in [-0.1, -0.05) is 11.6 Å². The maximum atomic E-state index is 13.6. The molecule has 0 unspecified atom stereocenters. The van der Waals surface area contributed by atoms with Gasteiger partial charge in [-0.15, -0.1) is 0 Å². The monoisotopic (exact) mass is 574 g/mol. The number of rotatable bonds is 8. The molecule has 0 radical (unpaired) electrons. The van der Waals surface area contributed by atoms with Gasteiger partial charge in [-0.2, -0.15) is 9.57 Å². The van der Waals surface area contributed by atoms with E-state index in [1.165, 1.54) is 22.5 Å². The van der Waals surface area contributed by atoms with E-state index in [-0.39, 0.29) is 41.4 Å². The highest BCUT2D eigenvalue weighted by Gasteiger charge is 2.32. The number of hydrogen-bond acceptors (Lipinski definition) is 7. The number of sulfonamides is 1. The molecule has 2 aromatic rings. The van der Waals surface area contributed by atoms with Crippen molar-refractivity contribution in [1.82, 2.24) is 24.7 Å². The first-order valence-corrected chi connectivity index (χ1v) is 14.9. The molecule has 0 aromatic heterocycles. The number of aryl methyl sites for hydroxylation is 1. The Kier molecular flexibility index (Phi) is 9.69. The molecule has 2 aliphatic heterocycles. The summed E-state index contributed by atoms with van der Waals surface area (Å²) in [4.78, 5) is 16.9. The van der Waals surface area contributed by atoms with E-state index in [2.05, 4.69) is 27.5 Å². The zero-order chi connectivity index (χ0) is 28.0. The number of nitrogens with zero attached hydrogens (tertiary/aromatic N) is 4. The van der Waals surface area contributed by atoms with E-state index in [1.807, 2.05) is 13.0 Å². The van der Waals surface area contributed by atoms with E-state index in [1.54, 1.807) is 18.2 Å². The zero-order valence-corrected chi connectivity index (χ0v) is 23.9. The normalized spacial score (nSPS) is 17.9. The number of piperazine rings is 1. The molecule has 210 valence electrons. The van der Waals surface area contributed by atoms with Crippen LogP contribution in [-0.4, -0.2) is 94.0 Å². The van der Waals surface area contributed by atoms with Crippen LogP contribution in [0.4, 0.5) is 4.79 Å². The second-order valence-electron chi connectivity index (χ2n) is 10.1. The largest absolute Gasteiger partial charge is 0.456 e. The minimum atomic E-state index is -3.96. The molecule has 0 atom stereocenters. The third-order valence-corrected chi connectivity index (χ3v) is 9.17. The van der Waals surface area contributed by atoms with Crippen LogP contribution in [0.1, 0.15) is 24.0 Å². The van der Waals surface area contributed by atoms with Gasteiger partial charge < -0.3 is 20.3 Å². The van der Waals surface area contributed by atoms with Gasteiger partial charge in [-0.3, -0.25) is 4.90 Å². The van der Waals surface area contributed by atoms with Gasteiger partial charge in [0, 0.05) is 63.4 Å². The second-order valence-corrected chi connectivity index (χ2v) is 12.4. The van der Waals surface area contributed by atoms with Crippen LogP contribution >= 0.6 is 11.6 Å². The smallest absolute Gasteiger partial charge is 0.315 e. The summed E-state index contributed by atoms with van der Waals surface area (Å²) in [7, 11) is -1.85. The zero-order valence-electron chi connectivity index (χ0n) is 22.3. The Balaban J connectivity index is 1.34. The lowest BCUT2D eigenvalue weighted by Gasteiger charge is -2.33. The minimum Gasteiger partial charge on any atom is -0.456 e. The summed E-state index contributed by atoms with van der Waals surface area (Å²) in [6, 6.07) is 11.1. The number of halogens is 1. The van der Waals surface area contributed by atoms with Gasteiger partial charge in [0.2, 0.25) is 10.0 Å². The maximum Gasteiger partial charge on any atom is 0.315 e. The van der Waals surface area contributed by atoms with E-state index in [0.717, 1.165) is 38.3 Å². The topological polar surface area (TPSA) is 118 Å². The van der Waals surface area contributed by atoms with E-state index >= 15 is 0 Å². The Bertz CT molecular complexity index is 1300. The maximum absolute atomic E-state index is 13.6. The lowest BCUT2D eigenvalue weighted by atomic mass is 10.1. The van der Waals surface area contributed by atoms with Crippen LogP contribution < -0.4 is 15.4 Å². The number of carbonyl (C=O) groups excluding carboxylic acids is 1. The molecule has 12 heteroatoms. The van der Waals surface area contributed by atoms with E-state index < -0.39 is 10.0 Å². The van der Waals surface area contributed by atoms with Crippen molar-refractivity contribution in [2.24, 2.45) is 0 Å². The van der Waals surface area contributed by atoms with Crippen LogP contribution in [0.15, 0.2) is 41.3 Å². The predicted molar refractivity (Wildman–Crippen MR) is 150 cm³/mol. The SMILES string of the molecule is Cc1cc(Cl)cc(Oc2ccc(C#N)cc2S(=O)(=O)N2CCC(NC(=O)NCCN3CCN(C)CC3)CC2)c1. The Hall–Kier alpha value is -2.88. The molecule has 2 aliphatic rings. The summed E-state index contributed by atoms with van der Waals surface area (Å²) < 4.78 is 34.6. The van der Waals surface area contributed by atoms with Crippen molar-refractivity contribution in [2.75, 3.05) is 59.4 Å². The fourth-order valence-electron chi connectivity index (χ4n) is 4.77. The molecule has 2 fully saturated rings. The van der Waals surface area contributed by atoms with E-state index in [4.69, 9.17) is 16.3 Å². The summed E-state index contributed by atoms with van der Waals surface area (Å²) in [5.41, 5.74) is 1.08. The summed E-state index contributed by atoms with van der Waals surface area (Å²) in [6.07, 6.45) is 0.958. The highest BCUT2D eigenvalue weighted by molar-refractivity contribution is 7.89. The van der Waals surface area contributed by atoms with Gasteiger partial charge in [-0.25, -0.2) is 13.2 Å². The lowest BCUT2D eigenvalue weighted by Crippen LogP contribution is -2.51. The average Bonchev–Trinajstić information content (AvgIpc) is 2.90. The fraction of sp³-hybridized carbons (Fsp3) is 0.481. The van der Waals surface area contributed by atoms with Crippen LogP contribution in [-0.2, 0) is 10.0 Å². The lowest BCUT2D eigenvalue weighted by molar-refractivity contribution is 0.154. The number of likely N-dealkylation sites (N-methyl/N-ethyl adjacent to an activating group) is 1. The van der Waals surface area contributed by atoms with Crippen LogP contribution in [0.3, 0.4) is 0 Å². The van der Waals surface area contributed by atoms with Gasteiger partial charge in [-0.05, 0) is 68.8 Å². The Labute approximate surface area is 235 Å². The standard InChI is InChI=1S/C27H35ClN6O4S/c1-20-15-22(28)18-24(16-20)38-25-4-3-21(19-29)17-26(25)39(36,37)34-8-5-23(6-9-34)31-27(35)30-7-10-33-13-11-32(2)12-14-33/h3-4,15-18,23H,5-14H2,1-2H3,(H2,30,31,35). The van der Waals surface area contributed by atoms with Crippen molar-refractivity contribution in [3.05, 3.63) is 52.5 Å². The summed E-state index contributed by atoms with van der Waals surface area (Å²) in [5, 5.41) is 15.7. The highest BCUT2D eigenvalue weighted by Crippen LogP contribution is 2.34. The molecule has 2 N–H and O–H groups in total. The Morgan fingerprint density at radius 2 is 1.82 bits per heavy atom. The molecule has 2 saturated heterocycles. The number of amides is 2. The number of carbonyl (C=O) groups is 1. The van der Waals surface area contributed by atoms with Crippen molar-refractivity contribution in [1.29, 1.82) is 5.26 Å². The van der Waals surface area contributed by atoms with Crippen LogP contribution in [0.25, 0.3) is 0 Å². The molecule has 39 heavy (non-hydrogen) atoms. The highest BCUT2D eigenvalue weighted by atomic mass is 35.5. The molecule has 2 aromatic carbocycles. The molecule has 0 saturated carbocycles. The van der Waals surface area contributed by atoms with Crippen LogP contribution in [0.5, 0.6) is 11.5 Å². The molecule has 0 spiro atoms. The molecular weight excluding hydrogens is 540 g/mol. The molecule has 10 nitrogen and oxygen atoms in total. The third kappa shape index (κ3) is 7.84. The van der Waals surface area contributed by atoms with Gasteiger partial charge in [0.15, 0.2) is 0 Å². The van der Waals surface area contributed by atoms with Crippen molar-refractivity contribution in [3.8, 4) is 17.6 Å². The summed E-state index contributed by atoms with van der Waals surface area (Å²) in [5.74, 6) is 0.526. The Morgan fingerprint density at radius 1 is 1.10 bits per heavy atom. The number of nitrogens with one attached hydrogen (secondary N) is 2. The predicted octanol–water partition coefficient (Wildman–Crippen LogP) is 3.01. The van der Waals surface area contributed by atoms with Gasteiger partial charge in [0.05, 0.1) is 11.6 Å². The number of ether oxygens (including phenoxy) is 1. The Morgan fingerprint density at radius 3 is 2.49 bits per heavy atom. The van der Waals surface area contributed by atoms with Gasteiger partial charge in [0.25, 0.3) is 0 Å². The van der Waals surface area contributed by atoms with Crippen molar-refractivity contribution in [3.63, 3.8) is 0 Å². The molecule has 2 amide bonds. The number of hydrogen-bond donors (Lipinski definition) is 2. The molecule has 0 aliphatic carbocycles. The number of urea groups is 1. The van der Waals surface area contributed by atoms with Crippen LogP contribution in [0.2, 0.25) is 5.02 Å². The van der Waals surface area contributed by atoms with Crippen molar-refractivity contribution in [2.45, 2.75) is 30.7 Å². The second kappa shape index (κ2) is 13.0. The number of benzene rings is 2. The minimum absolute atomic E-state index is 0.0766. The molecule has 4 rings (SSSR count). The summed E-state index contributed by atoms with van der Waals surface area (Å²) in [6.45, 7) is 7.75. The van der Waals surface area contributed by atoms with Gasteiger partial charge in [0.1, 0.15) is 16.4 Å². The van der Waals surface area contributed by atoms with E-state index in [9.17, 15) is 18.5 Å². The fourth-order valence-corrected chi connectivity index (χ4v) is 6.66. The summed E-state index contributed by atoms with van der Waals surface area (Å²) >= 11 is 6.15. The first-order chi connectivity index (χ1) is 18.6. The van der Waals surface area contributed by atoms with Crippen molar-refractivity contribution < 1.29 is 17.9 Å². The third-order valence-electron chi connectivity index (χ3n) is 7.03. The van der Waals surface area contributed by atoms with Crippen molar-refractivity contribution >= 4 is 27.7 Å². The number of piperidine rings is 1. The van der Waals surface area contributed by atoms with E-state index in [0.29, 0.717) is 30.2 Å². The quantitative estimate of drug-likeness (QED) is 0.497. The van der Waals surface area contributed by atoms with Crippen LogP contribution in [0, 0.1) is 18.3 Å². The molecule has 2 heterocycles. The molecular formula is C27H35ClN6O4S.